The Balaban J connectivity index is 1.36. The molecule has 1 atom stereocenters. The molecule has 10 heteroatoms. The van der Waals surface area contributed by atoms with Crippen molar-refractivity contribution in [3.63, 3.8) is 0 Å². The maximum atomic E-state index is 12.6. The quantitative estimate of drug-likeness (QED) is 0.521. The first-order chi connectivity index (χ1) is 18.2. The molecule has 0 bridgehead atoms. The number of hydrogen-bond donors (Lipinski definition) is 2. The number of benzene rings is 2. The van der Waals surface area contributed by atoms with E-state index in [1.165, 1.54) is 0 Å². The van der Waals surface area contributed by atoms with Crippen molar-refractivity contribution in [3.8, 4) is 17.2 Å². The van der Waals surface area contributed by atoms with Gasteiger partial charge in [0.05, 0.1) is 17.4 Å². The molecule has 0 saturated carbocycles. The van der Waals surface area contributed by atoms with Crippen molar-refractivity contribution in [2.24, 2.45) is 5.73 Å². The maximum absolute atomic E-state index is 12.6. The summed E-state index contributed by atoms with van der Waals surface area (Å²) < 4.78 is 13.0. The van der Waals surface area contributed by atoms with Crippen molar-refractivity contribution in [1.29, 1.82) is 0 Å². The summed E-state index contributed by atoms with van der Waals surface area (Å²) in [6.07, 6.45) is 0.543. The summed E-state index contributed by atoms with van der Waals surface area (Å²) in [5.74, 6) is 0.869. The molecule has 10 nitrogen and oxygen atoms in total. The number of amides is 2. The molecule has 5 rings (SSSR count). The Morgan fingerprint density at radius 2 is 1.63 bits per heavy atom. The van der Waals surface area contributed by atoms with E-state index in [-0.39, 0.29) is 12.1 Å². The average molecular weight is 519 g/mol. The summed E-state index contributed by atoms with van der Waals surface area (Å²) >= 11 is 0. The van der Waals surface area contributed by atoms with E-state index in [0.29, 0.717) is 55.5 Å². The van der Waals surface area contributed by atoms with E-state index < -0.39 is 11.5 Å². The zero-order valence-electron chi connectivity index (χ0n) is 22.0. The normalized spacial score (nSPS) is 17.9. The lowest BCUT2D eigenvalue weighted by atomic mass is 10.0. The monoisotopic (exact) mass is 518 g/mol. The fourth-order valence-corrected chi connectivity index (χ4v) is 4.91. The molecular weight excluding hydrogens is 484 g/mol. The molecule has 38 heavy (non-hydrogen) atoms. The van der Waals surface area contributed by atoms with E-state index in [4.69, 9.17) is 20.3 Å². The fourth-order valence-electron chi connectivity index (χ4n) is 4.91. The molecule has 0 aliphatic carbocycles. The number of hydrogen-bond acceptors (Lipinski definition) is 7. The van der Waals surface area contributed by atoms with Crippen LogP contribution in [0.3, 0.4) is 0 Å². The Morgan fingerprint density at radius 3 is 2.26 bits per heavy atom. The van der Waals surface area contributed by atoms with Crippen LogP contribution in [0.5, 0.6) is 11.5 Å². The standard InChI is InChI=1S/C28H34N6O4/c1-28(2,3)38-27(36)33-17-15-32(16-18-33)22-13-14-30-24-23(22)31-34(25(24)26(29)35)19-9-11-21(12-10-19)37-20-7-5-4-6-8-20/h4-12,22,30H,13-18H2,1-3H3,(H2,29,35)/t22-/m0/s1. The topological polar surface area (TPSA) is 115 Å². The lowest BCUT2D eigenvalue weighted by Gasteiger charge is -2.40. The molecule has 2 amide bonds. The molecular formula is C28H34N6O4. The molecule has 3 N–H and O–H groups in total. The van der Waals surface area contributed by atoms with Gasteiger partial charge in [-0.25, -0.2) is 9.48 Å². The molecule has 0 radical (unpaired) electrons. The van der Waals surface area contributed by atoms with Crippen LogP contribution < -0.4 is 15.8 Å². The van der Waals surface area contributed by atoms with Crippen LogP contribution in [0.15, 0.2) is 54.6 Å². The number of nitrogens with one attached hydrogen (secondary N) is 1. The molecule has 1 saturated heterocycles. The highest BCUT2D eigenvalue weighted by molar-refractivity contribution is 5.98. The minimum atomic E-state index is -0.550. The van der Waals surface area contributed by atoms with Crippen molar-refractivity contribution >= 4 is 17.7 Å². The van der Waals surface area contributed by atoms with Crippen LogP contribution in [0, 0.1) is 0 Å². The van der Waals surface area contributed by atoms with Crippen molar-refractivity contribution in [2.75, 3.05) is 38.0 Å². The molecule has 2 aliphatic rings. The highest BCUT2D eigenvalue weighted by Gasteiger charge is 2.36. The van der Waals surface area contributed by atoms with Crippen molar-refractivity contribution in [1.82, 2.24) is 19.6 Å². The molecule has 3 heterocycles. The smallest absolute Gasteiger partial charge is 0.410 e. The van der Waals surface area contributed by atoms with Crippen LogP contribution in [0.2, 0.25) is 0 Å². The predicted octanol–water partition coefficient (Wildman–Crippen LogP) is 4.17. The Morgan fingerprint density at radius 1 is 0.974 bits per heavy atom. The van der Waals surface area contributed by atoms with Crippen LogP contribution in [-0.4, -0.2) is 69.9 Å². The number of nitrogens with two attached hydrogens (primary N) is 1. The van der Waals surface area contributed by atoms with E-state index in [1.807, 2.05) is 75.4 Å². The highest BCUT2D eigenvalue weighted by atomic mass is 16.6. The second-order valence-corrected chi connectivity index (χ2v) is 10.5. The number of ether oxygens (including phenoxy) is 2. The Bertz CT molecular complexity index is 1290. The number of para-hydroxylation sites is 1. The molecule has 2 aromatic carbocycles. The van der Waals surface area contributed by atoms with Gasteiger partial charge in [0, 0.05) is 32.7 Å². The largest absolute Gasteiger partial charge is 0.457 e. The third kappa shape index (κ3) is 5.45. The fraction of sp³-hybridized carbons (Fsp3) is 0.393. The summed E-state index contributed by atoms with van der Waals surface area (Å²) in [7, 11) is 0. The van der Waals surface area contributed by atoms with E-state index in [0.717, 1.165) is 17.9 Å². The molecule has 3 aromatic rings. The Hall–Kier alpha value is -4.05. The van der Waals surface area contributed by atoms with E-state index >= 15 is 0 Å². The summed E-state index contributed by atoms with van der Waals surface area (Å²) in [4.78, 5) is 29.1. The highest BCUT2D eigenvalue weighted by Crippen LogP contribution is 2.37. The number of carbonyl (C=O) groups excluding carboxylic acids is 2. The van der Waals surface area contributed by atoms with Gasteiger partial charge in [0.2, 0.25) is 0 Å². The second kappa shape index (κ2) is 10.4. The van der Waals surface area contributed by atoms with Crippen LogP contribution in [-0.2, 0) is 4.74 Å². The van der Waals surface area contributed by atoms with Crippen LogP contribution in [0.4, 0.5) is 10.5 Å². The number of aromatic nitrogens is 2. The molecule has 0 spiro atoms. The molecule has 200 valence electrons. The average Bonchev–Trinajstić information content (AvgIpc) is 3.29. The lowest BCUT2D eigenvalue weighted by Crippen LogP contribution is -2.51. The van der Waals surface area contributed by atoms with Crippen molar-refractivity contribution in [2.45, 2.75) is 38.8 Å². The molecule has 1 fully saturated rings. The minimum Gasteiger partial charge on any atom is -0.457 e. The summed E-state index contributed by atoms with van der Waals surface area (Å²) in [5, 5.41) is 8.23. The number of piperazine rings is 1. The molecule has 2 aliphatic heterocycles. The van der Waals surface area contributed by atoms with Gasteiger partial charge < -0.3 is 25.4 Å². The first kappa shape index (κ1) is 25.6. The van der Waals surface area contributed by atoms with Gasteiger partial charge in [0.25, 0.3) is 5.91 Å². The summed E-state index contributed by atoms with van der Waals surface area (Å²) in [5.41, 5.74) is 7.82. The van der Waals surface area contributed by atoms with Gasteiger partial charge >= 0.3 is 6.09 Å². The minimum absolute atomic E-state index is 0.00655. The van der Waals surface area contributed by atoms with Gasteiger partial charge in [-0.05, 0) is 63.6 Å². The first-order valence-electron chi connectivity index (χ1n) is 12.9. The van der Waals surface area contributed by atoms with Gasteiger partial charge in [-0.1, -0.05) is 18.2 Å². The predicted molar refractivity (Wildman–Crippen MR) is 144 cm³/mol. The zero-order chi connectivity index (χ0) is 26.9. The third-order valence-corrected chi connectivity index (χ3v) is 6.65. The van der Waals surface area contributed by atoms with Gasteiger partial charge in [-0.15, -0.1) is 0 Å². The van der Waals surface area contributed by atoms with Crippen LogP contribution >= 0.6 is 0 Å². The molecule has 0 unspecified atom stereocenters. The zero-order valence-corrected chi connectivity index (χ0v) is 22.0. The number of primary amides is 1. The Kier molecular flexibility index (Phi) is 6.98. The number of rotatable bonds is 5. The summed E-state index contributed by atoms with van der Waals surface area (Å²) in [6, 6.07) is 16.9. The number of carbonyl (C=O) groups is 2. The van der Waals surface area contributed by atoms with E-state index in [2.05, 4.69) is 10.2 Å². The van der Waals surface area contributed by atoms with Gasteiger partial charge in [0.15, 0.2) is 5.69 Å². The third-order valence-electron chi connectivity index (χ3n) is 6.65. The van der Waals surface area contributed by atoms with E-state index in [9.17, 15) is 9.59 Å². The number of anilines is 1. The van der Waals surface area contributed by atoms with Crippen molar-refractivity contribution in [3.05, 3.63) is 66.0 Å². The lowest BCUT2D eigenvalue weighted by molar-refractivity contribution is 0.00952. The summed E-state index contributed by atoms with van der Waals surface area (Å²) in [6.45, 7) is 8.82. The van der Waals surface area contributed by atoms with E-state index in [1.54, 1.807) is 9.58 Å². The molecule has 1 aromatic heterocycles. The van der Waals surface area contributed by atoms with Crippen molar-refractivity contribution < 1.29 is 19.1 Å². The Labute approximate surface area is 222 Å². The second-order valence-electron chi connectivity index (χ2n) is 10.5. The number of fused-ring (bicyclic) bond motifs is 1. The van der Waals surface area contributed by atoms with Gasteiger partial charge in [-0.2, -0.15) is 5.10 Å². The van der Waals surface area contributed by atoms with Crippen LogP contribution in [0.1, 0.15) is 49.4 Å². The number of nitrogens with zero attached hydrogens (tertiary/aromatic N) is 4. The van der Waals surface area contributed by atoms with Gasteiger partial charge in [0.1, 0.15) is 22.8 Å². The van der Waals surface area contributed by atoms with Gasteiger partial charge in [-0.3, -0.25) is 9.69 Å². The van der Waals surface area contributed by atoms with Crippen LogP contribution in [0.25, 0.3) is 5.69 Å². The first-order valence-corrected chi connectivity index (χ1v) is 12.9. The SMILES string of the molecule is CC(C)(C)OC(=O)N1CCN([C@H]2CCNc3c2nn(-c2ccc(Oc4ccccc4)cc2)c3C(N)=O)CC1. The maximum Gasteiger partial charge on any atom is 0.410 e.